The molecule has 1 heterocycles. The number of nitrogens with one attached hydrogen (secondary N) is 1. The minimum atomic E-state index is -0.223. The van der Waals surface area contributed by atoms with Gasteiger partial charge in [0, 0.05) is 13.1 Å². The Balaban J connectivity index is 1.54. The zero-order valence-electron chi connectivity index (χ0n) is 14.0. The van der Waals surface area contributed by atoms with Crippen molar-refractivity contribution in [1.29, 1.82) is 0 Å². The van der Waals surface area contributed by atoms with Crippen LogP contribution in [0, 0.1) is 0 Å². The molecule has 126 valence electrons. The van der Waals surface area contributed by atoms with Gasteiger partial charge in [-0.05, 0) is 37.2 Å². The van der Waals surface area contributed by atoms with Crippen LogP contribution in [0.25, 0.3) is 0 Å². The molecule has 5 nitrogen and oxygen atoms in total. The van der Waals surface area contributed by atoms with Crippen molar-refractivity contribution in [2.24, 2.45) is 0 Å². The second kappa shape index (κ2) is 7.36. The van der Waals surface area contributed by atoms with Gasteiger partial charge in [0.2, 0.25) is 12.7 Å². The van der Waals surface area contributed by atoms with Gasteiger partial charge < -0.3 is 14.8 Å². The number of fused-ring (bicyclic) bond motifs is 1. The first-order valence-corrected chi connectivity index (χ1v) is 8.04. The van der Waals surface area contributed by atoms with E-state index in [1.165, 1.54) is 0 Å². The Kier molecular flexibility index (Phi) is 5.01. The third kappa shape index (κ3) is 3.86. The van der Waals surface area contributed by atoms with E-state index in [1.807, 2.05) is 67.4 Å². The third-order valence-corrected chi connectivity index (χ3v) is 4.22. The van der Waals surface area contributed by atoms with E-state index in [2.05, 4.69) is 5.32 Å². The van der Waals surface area contributed by atoms with Crippen LogP contribution in [0.5, 0.6) is 11.5 Å². The Hall–Kier alpha value is -2.53. The number of benzene rings is 2. The molecule has 0 unspecified atom stereocenters. The molecule has 1 amide bonds. The van der Waals surface area contributed by atoms with Gasteiger partial charge in [0.1, 0.15) is 0 Å². The lowest BCUT2D eigenvalue weighted by Gasteiger charge is -2.24. The summed E-state index contributed by atoms with van der Waals surface area (Å²) in [7, 11) is 1.94. The Morgan fingerprint density at radius 1 is 1.12 bits per heavy atom. The van der Waals surface area contributed by atoms with Crippen LogP contribution in [0.15, 0.2) is 48.5 Å². The first-order chi connectivity index (χ1) is 11.6. The Bertz CT molecular complexity index is 703. The normalized spacial score (nSPS) is 13.8. The van der Waals surface area contributed by atoms with Crippen LogP contribution in [0.4, 0.5) is 0 Å². The highest BCUT2D eigenvalue weighted by atomic mass is 16.7. The van der Waals surface area contributed by atoms with Crippen LogP contribution in [-0.2, 0) is 17.9 Å². The highest BCUT2D eigenvalue weighted by Crippen LogP contribution is 2.32. The van der Waals surface area contributed by atoms with Crippen LogP contribution in [0.2, 0.25) is 0 Å². The maximum atomic E-state index is 12.3. The number of nitrogens with zero attached hydrogens (tertiary/aromatic N) is 1. The predicted octanol–water partition coefficient (Wildman–Crippen LogP) is 2.55. The molecule has 1 aliphatic rings. The van der Waals surface area contributed by atoms with Crippen LogP contribution < -0.4 is 14.8 Å². The minimum Gasteiger partial charge on any atom is -0.454 e. The number of likely N-dealkylation sites (N-methyl/N-ethyl adjacent to an activating group) is 1. The largest absolute Gasteiger partial charge is 0.454 e. The van der Waals surface area contributed by atoms with E-state index in [-0.39, 0.29) is 18.7 Å². The number of hydrogen-bond acceptors (Lipinski definition) is 4. The number of carbonyl (C=O) groups is 1. The lowest BCUT2D eigenvalue weighted by Crippen LogP contribution is -2.42. The summed E-state index contributed by atoms with van der Waals surface area (Å²) in [4.78, 5) is 14.3. The van der Waals surface area contributed by atoms with Crippen molar-refractivity contribution >= 4 is 5.91 Å². The highest BCUT2D eigenvalue weighted by molar-refractivity contribution is 5.81. The number of rotatable bonds is 6. The van der Waals surface area contributed by atoms with E-state index in [0.29, 0.717) is 13.1 Å². The number of carbonyl (C=O) groups excluding carboxylic acids is 1. The molecule has 0 aliphatic carbocycles. The molecule has 0 spiro atoms. The molecule has 1 atom stereocenters. The van der Waals surface area contributed by atoms with E-state index in [1.54, 1.807) is 0 Å². The van der Waals surface area contributed by atoms with E-state index in [0.717, 1.165) is 22.6 Å². The molecule has 0 aromatic heterocycles. The zero-order valence-corrected chi connectivity index (χ0v) is 14.0. The first kappa shape index (κ1) is 16.3. The van der Waals surface area contributed by atoms with Crippen LogP contribution in [-0.4, -0.2) is 30.7 Å². The van der Waals surface area contributed by atoms with Gasteiger partial charge in [0.15, 0.2) is 11.5 Å². The Labute approximate surface area is 142 Å². The van der Waals surface area contributed by atoms with Gasteiger partial charge in [-0.1, -0.05) is 36.4 Å². The summed E-state index contributed by atoms with van der Waals surface area (Å²) in [6.45, 7) is 3.39. The fourth-order valence-corrected chi connectivity index (χ4v) is 2.60. The van der Waals surface area contributed by atoms with Gasteiger partial charge in [-0.2, -0.15) is 0 Å². The molecule has 3 rings (SSSR count). The topological polar surface area (TPSA) is 50.8 Å². The van der Waals surface area contributed by atoms with Crippen molar-refractivity contribution < 1.29 is 14.3 Å². The monoisotopic (exact) mass is 326 g/mol. The van der Waals surface area contributed by atoms with Crippen molar-refractivity contribution in [2.45, 2.75) is 26.1 Å². The molecule has 0 fully saturated rings. The lowest BCUT2D eigenvalue weighted by molar-refractivity contribution is -0.125. The third-order valence-electron chi connectivity index (χ3n) is 4.22. The van der Waals surface area contributed by atoms with E-state index < -0.39 is 0 Å². The molecule has 0 saturated carbocycles. The second-order valence-corrected chi connectivity index (χ2v) is 5.98. The lowest BCUT2D eigenvalue weighted by atomic mass is 10.1. The van der Waals surface area contributed by atoms with E-state index >= 15 is 0 Å². The van der Waals surface area contributed by atoms with Crippen molar-refractivity contribution in [3.05, 3.63) is 59.7 Å². The van der Waals surface area contributed by atoms with Crippen molar-refractivity contribution in [2.75, 3.05) is 13.8 Å². The summed E-state index contributed by atoms with van der Waals surface area (Å²) < 4.78 is 10.7. The summed E-state index contributed by atoms with van der Waals surface area (Å²) in [6.07, 6.45) is 0. The van der Waals surface area contributed by atoms with Gasteiger partial charge in [-0.25, -0.2) is 0 Å². The van der Waals surface area contributed by atoms with E-state index in [4.69, 9.17) is 9.47 Å². The van der Waals surface area contributed by atoms with Gasteiger partial charge in [-0.3, -0.25) is 9.69 Å². The maximum Gasteiger partial charge on any atom is 0.237 e. The second-order valence-electron chi connectivity index (χ2n) is 5.98. The average Bonchev–Trinajstić information content (AvgIpc) is 3.07. The SMILES string of the molecule is C[C@H](C(=O)NCc1ccccc1)N(C)Cc1ccc2c(c1)OCO2. The van der Waals surface area contributed by atoms with E-state index in [9.17, 15) is 4.79 Å². The molecule has 2 aromatic carbocycles. The Morgan fingerprint density at radius 2 is 1.88 bits per heavy atom. The summed E-state index contributed by atoms with van der Waals surface area (Å²) >= 11 is 0. The molecule has 5 heteroatoms. The average molecular weight is 326 g/mol. The van der Waals surface area contributed by atoms with Gasteiger partial charge in [0.05, 0.1) is 6.04 Å². The summed E-state index contributed by atoms with van der Waals surface area (Å²) in [5.41, 5.74) is 2.18. The fourth-order valence-electron chi connectivity index (χ4n) is 2.60. The number of ether oxygens (including phenoxy) is 2. The van der Waals surface area contributed by atoms with Gasteiger partial charge in [-0.15, -0.1) is 0 Å². The van der Waals surface area contributed by atoms with Crippen LogP contribution in [0.3, 0.4) is 0 Å². The minimum absolute atomic E-state index is 0.0158. The molecule has 1 aliphatic heterocycles. The Morgan fingerprint density at radius 3 is 2.67 bits per heavy atom. The number of hydrogen-bond donors (Lipinski definition) is 1. The van der Waals surface area contributed by atoms with Gasteiger partial charge in [0.25, 0.3) is 0 Å². The number of amides is 1. The molecular weight excluding hydrogens is 304 g/mol. The quantitative estimate of drug-likeness (QED) is 0.886. The van der Waals surface area contributed by atoms with Crippen LogP contribution in [0.1, 0.15) is 18.1 Å². The van der Waals surface area contributed by atoms with Crippen molar-refractivity contribution in [3.63, 3.8) is 0 Å². The standard InChI is InChI=1S/C19H22N2O3/c1-14(19(22)20-11-15-6-4-3-5-7-15)21(2)12-16-8-9-17-18(10-16)24-13-23-17/h3-10,14H,11-13H2,1-2H3,(H,20,22)/t14-/m1/s1. The fraction of sp³-hybridized carbons (Fsp3) is 0.316. The van der Waals surface area contributed by atoms with Crippen molar-refractivity contribution in [3.8, 4) is 11.5 Å². The molecule has 2 aromatic rings. The maximum absolute atomic E-state index is 12.3. The van der Waals surface area contributed by atoms with Crippen molar-refractivity contribution in [1.82, 2.24) is 10.2 Å². The molecule has 0 radical (unpaired) electrons. The van der Waals surface area contributed by atoms with Gasteiger partial charge >= 0.3 is 0 Å². The molecular formula is C19H22N2O3. The summed E-state index contributed by atoms with van der Waals surface area (Å²) in [5, 5.41) is 2.98. The summed E-state index contributed by atoms with van der Waals surface area (Å²) in [5.74, 6) is 1.55. The smallest absolute Gasteiger partial charge is 0.237 e. The predicted molar refractivity (Wildman–Crippen MR) is 91.8 cm³/mol. The first-order valence-electron chi connectivity index (χ1n) is 8.04. The molecule has 1 N–H and O–H groups in total. The van der Waals surface area contributed by atoms with Crippen LogP contribution >= 0.6 is 0 Å². The molecule has 24 heavy (non-hydrogen) atoms. The summed E-state index contributed by atoms with van der Waals surface area (Å²) in [6, 6.07) is 15.6. The zero-order chi connectivity index (χ0) is 16.9. The molecule has 0 saturated heterocycles. The highest BCUT2D eigenvalue weighted by Gasteiger charge is 2.19. The molecule has 0 bridgehead atoms.